The SMILES string of the molecule is N#CC1CCCCC1N1CCC(N2CCCC2)C1. The summed E-state index contributed by atoms with van der Waals surface area (Å²) in [5.41, 5.74) is 0. The van der Waals surface area contributed by atoms with Gasteiger partial charge in [-0.05, 0) is 45.2 Å². The fraction of sp³-hybridized carbons (Fsp3) is 0.933. The van der Waals surface area contributed by atoms with Crippen molar-refractivity contribution in [3.63, 3.8) is 0 Å². The van der Waals surface area contributed by atoms with Crippen LogP contribution < -0.4 is 0 Å². The number of hydrogen-bond donors (Lipinski definition) is 0. The van der Waals surface area contributed by atoms with Crippen LogP contribution in [-0.2, 0) is 0 Å². The zero-order valence-electron chi connectivity index (χ0n) is 11.4. The van der Waals surface area contributed by atoms with E-state index in [1.165, 1.54) is 64.7 Å². The van der Waals surface area contributed by atoms with Gasteiger partial charge < -0.3 is 0 Å². The summed E-state index contributed by atoms with van der Waals surface area (Å²) in [6.07, 6.45) is 9.08. The first kappa shape index (κ1) is 12.4. The van der Waals surface area contributed by atoms with Crippen molar-refractivity contribution in [3.05, 3.63) is 0 Å². The van der Waals surface area contributed by atoms with Crippen LogP contribution >= 0.6 is 0 Å². The molecule has 0 aromatic rings. The maximum Gasteiger partial charge on any atom is 0.0672 e. The molecule has 1 saturated carbocycles. The van der Waals surface area contributed by atoms with E-state index < -0.39 is 0 Å². The van der Waals surface area contributed by atoms with Crippen LogP contribution in [0.5, 0.6) is 0 Å². The lowest BCUT2D eigenvalue weighted by molar-refractivity contribution is 0.141. The van der Waals surface area contributed by atoms with Gasteiger partial charge in [-0.1, -0.05) is 12.8 Å². The van der Waals surface area contributed by atoms with Gasteiger partial charge in [-0.25, -0.2) is 0 Å². The number of nitrogens with zero attached hydrogens (tertiary/aromatic N) is 3. The molecular formula is C15H25N3. The van der Waals surface area contributed by atoms with Gasteiger partial charge in [-0.3, -0.25) is 9.80 Å². The summed E-state index contributed by atoms with van der Waals surface area (Å²) in [7, 11) is 0. The van der Waals surface area contributed by atoms with Crippen molar-refractivity contribution in [1.29, 1.82) is 5.26 Å². The lowest BCUT2D eigenvalue weighted by Gasteiger charge is -2.35. The highest BCUT2D eigenvalue weighted by atomic mass is 15.3. The van der Waals surface area contributed by atoms with E-state index in [1.807, 2.05) is 0 Å². The number of likely N-dealkylation sites (tertiary alicyclic amines) is 2. The van der Waals surface area contributed by atoms with Gasteiger partial charge in [-0.2, -0.15) is 5.26 Å². The van der Waals surface area contributed by atoms with Gasteiger partial charge in [0.15, 0.2) is 0 Å². The molecule has 2 saturated heterocycles. The van der Waals surface area contributed by atoms with Crippen molar-refractivity contribution >= 4 is 0 Å². The summed E-state index contributed by atoms with van der Waals surface area (Å²) in [6.45, 7) is 5.07. The third-order valence-corrected chi connectivity index (χ3v) is 5.22. The lowest BCUT2D eigenvalue weighted by Crippen LogP contribution is -2.43. The van der Waals surface area contributed by atoms with E-state index in [4.69, 9.17) is 0 Å². The average Bonchev–Trinajstić information content (AvgIpc) is 3.09. The minimum Gasteiger partial charge on any atom is -0.299 e. The van der Waals surface area contributed by atoms with Crippen LogP contribution in [0.1, 0.15) is 44.9 Å². The van der Waals surface area contributed by atoms with Gasteiger partial charge >= 0.3 is 0 Å². The smallest absolute Gasteiger partial charge is 0.0672 e. The zero-order valence-corrected chi connectivity index (χ0v) is 11.4. The van der Waals surface area contributed by atoms with E-state index in [2.05, 4.69) is 15.9 Å². The van der Waals surface area contributed by atoms with Crippen molar-refractivity contribution in [2.24, 2.45) is 5.92 Å². The zero-order chi connectivity index (χ0) is 12.4. The molecule has 3 fully saturated rings. The maximum absolute atomic E-state index is 9.31. The highest BCUT2D eigenvalue weighted by Crippen LogP contribution is 2.31. The molecule has 2 heterocycles. The minimum atomic E-state index is 0.302. The summed E-state index contributed by atoms with van der Waals surface area (Å²) in [5.74, 6) is 0.302. The quantitative estimate of drug-likeness (QED) is 0.749. The van der Waals surface area contributed by atoms with Crippen LogP contribution in [0.4, 0.5) is 0 Å². The molecule has 0 aromatic carbocycles. The van der Waals surface area contributed by atoms with Crippen molar-refractivity contribution in [2.75, 3.05) is 26.2 Å². The molecule has 18 heavy (non-hydrogen) atoms. The van der Waals surface area contributed by atoms with Gasteiger partial charge in [0, 0.05) is 25.2 Å². The van der Waals surface area contributed by atoms with Crippen molar-refractivity contribution < 1.29 is 0 Å². The summed E-state index contributed by atoms with van der Waals surface area (Å²) < 4.78 is 0. The molecule has 3 heteroatoms. The van der Waals surface area contributed by atoms with Crippen LogP contribution in [0.3, 0.4) is 0 Å². The molecule has 0 radical (unpaired) electrons. The van der Waals surface area contributed by atoms with E-state index in [0.717, 1.165) is 12.5 Å². The Kier molecular flexibility index (Phi) is 3.86. The van der Waals surface area contributed by atoms with Crippen LogP contribution in [0.15, 0.2) is 0 Å². The van der Waals surface area contributed by atoms with Crippen LogP contribution in [0, 0.1) is 17.2 Å². The molecule has 3 aliphatic rings. The first-order chi connectivity index (χ1) is 8.88. The molecule has 0 amide bonds. The molecule has 3 atom stereocenters. The van der Waals surface area contributed by atoms with Crippen molar-refractivity contribution in [2.45, 2.75) is 57.0 Å². The number of hydrogen-bond acceptors (Lipinski definition) is 3. The molecule has 3 rings (SSSR count). The van der Waals surface area contributed by atoms with Crippen LogP contribution in [-0.4, -0.2) is 48.1 Å². The highest BCUT2D eigenvalue weighted by Gasteiger charge is 2.36. The molecule has 2 aliphatic heterocycles. The van der Waals surface area contributed by atoms with Gasteiger partial charge in [-0.15, -0.1) is 0 Å². The Morgan fingerprint density at radius 3 is 2.39 bits per heavy atom. The van der Waals surface area contributed by atoms with Gasteiger partial charge in [0.05, 0.1) is 12.0 Å². The standard InChI is InChI=1S/C15H25N3/c16-11-13-5-1-2-6-15(13)18-10-7-14(12-18)17-8-3-4-9-17/h13-15H,1-10,12H2. The Labute approximate surface area is 111 Å². The van der Waals surface area contributed by atoms with E-state index in [0.29, 0.717) is 12.0 Å². The number of nitriles is 1. The summed E-state index contributed by atoms with van der Waals surface area (Å²) >= 11 is 0. The van der Waals surface area contributed by atoms with Crippen molar-refractivity contribution in [3.8, 4) is 6.07 Å². The Morgan fingerprint density at radius 2 is 1.61 bits per heavy atom. The van der Waals surface area contributed by atoms with Gasteiger partial charge in [0.1, 0.15) is 0 Å². The fourth-order valence-corrected chi connectivity index (χ4v) is 4.17. The van der Waals surface area contributed by atoms with Gasteiger partial charge in [0.25, 0.3) is 0 Å². The Morgan fingerprint density at radius 1 is 0.833 bits per heavy atom. The first-order valence-corrected chi connectivity index (χ1v) is 7.76. The largest absolute Gasteiger partial charge is 0.299 e. The van der Waals surface area contributed by atoms with Crippen LogP contribution in [0.25, 0.3) is 0 Å². The molecule has 1 aliphatic carbocycles. The molecule has 100 valence electrons. The lowest BCUT2D eigenvalue weighted by atomic mass is 9.84. The minimum absolute atomic E-state index is 0.302. The molecule has 3 unspecified atom stereocenters. The predicted molar refractivity (Wildman–Crippen MR) is 72.1 cm³/mol. The topological polar surface area (TPSA) is 30.3 Å². The van der Waals surface area contributed by atoms with Crippen LogP contribution in [0.2, 0.25) is 0 Å². The van der Waals surface area contributed by atoms with Crippen molar-refractivity contribution in [1.82, 2.24) is 9.80 Å². The second-order valence-corrected chi connectivity index (χ2v) is 6.27. The number of rotatable bonds is 2. The molecule has 0 spiro atoms. The molecule has 0 aromatic heterocycles. The molecular weight excluding hydrogens is 222 g/mol. The third kappa shape index (κ3) is 2.41. The third-order valence-electron chi connectivity index (χ3n) is 5.22. The summed E-state index contributed by atoms with van der Waals surface area (Å²) in [5, 5.41) is 9.31. The van der Waals surface area contributed by atoms with E-state index >= 15 is 0 Å². The Hall–Kier alpha value is -0.590. The maximum atomic E-state index is 9.31. The molecule has 0 bridgehead atoms. The molecule has 0 N–H and O–H groups in total. The van der Waals surface area contributed by atoms with Gasteiger partial charge in [0.2, 0.25) is 0 Å². The van der Waals surface area contributed by atoms with E-state index in [-0.39, 0.29) is 0 Å². The predicted octanol–water partition coefficient (Wildman–Crippen LogP) is 2.24. The van der Waals surface area contributed by atoms with E-state index in [9.17, 15) is 5.26 Å². The fourth-order valence-electron chi connectivity index (χ4n) is 4.17. The highest BCUT2D eigenvalue weighted by molar-refractivity contribution is 4.98. The first-order valence-electron chi connectivity index (χ1n) is 7.76. The summed E-state index contributed by atoms with van der Waals surface area (Å²) in [4.78, 5) is 5.32. The average molecular weight is 247 g/mol. The Balaban J connectivity index is 1.58. The molecule has 3 nitrogen and oxygen atoms in total. The normalized spacial score (nSPS) is 38.9. The second kappa shape index (κ2) is 5.59. The second-order valence-electron chi connectivity index (χ2n) is 6.27. The monoisotopic (exact) mass is 247 g/mol. The summed E-state index contributed by atoms with van der Waals surface area (Å²) in [6, 6.07) is 3.91. The Bertz CT molecular complexity index is 316. The van der Waals surface area contributed by atoms with E-state index in [1.54, 1.807) is 0 Å².